The predicted octanol–water partition coefficient (Wildman–Crippen LogP) is 3.50. The summed E-state index contributed by atoms with van der Waals surface area (Å²) in [4.78, 5) is 14.5. The molecule has 0 aliphatic rings. The van der Waals surface area contributed by atoms with Crippen LogP contribution < -0.4 is 10.1 Å². The molecule has 1 aromatic carbocycles. The molecule has 0 aliphatic carbocycles. The molecule has 2 rings (SSSR count). The van der Waals surface area contributed by atoms with Gasteiger partial charge in [-0.15, -0.1) is 11.3 Å². The molecule has 0 aliphatic heterocycles. The van der Waals surface area contributed by atoms with E-state index in [2.05, 4.69) is 18.3 Å². The molecular formula is C18H23NO3S. The minimum Gasteiger partial charge on any atom is -0.494 e. The van der Waals surface area contributed by atoms with Gasteiger partial charge in [-0.2, -0.15) is 0 Å². The first-order chi connectivity index (χ1) is 11.1. The minimum atomic E-state index is -0.0991. The topological polar surface area (TPSA) is 47.6 Å². The molecule has 0 bridgehead atoms. The van der Waals surface area contributed by atoms with Gasteiger partial charge in [0.1, 0.15) is 11.9 Å². The van der Waals surface area contributed by atoms with Crippen molar-refractivity contribution in [3.8, 4) is 5.75 Å². The molecular weight excluding hydrogens is 310 g/mol. The second kappa shape index (κ2) is 8.70. The molecule has 0 saturated carbocycles. The number of hydrogen-bond donors (Lipinski definition) is 1. The Morgan fingerprint density at radius 3 is 2.52 bits per heavy atom. The second-order valence-corrected chi connectivity index (χ2v) is 6.55. The highest BCUT2D eigenvalue weighted by Gasteiger charge is 2.14. The van der Waals surface area contributed by atoms with Gasteiger partial charge >= 0.3 is 0 Å². The van der Waals surface area contributed by atoms with Crippen molar-refractivity contribution < 1.29 is 14.3 Å². The third-order valence-electron chi connectivity index (χ3n) is 3.45. The Kier molecular flexibility index (Phi) is 6.62. The summed E-state index contributed by atoms with van der Waals surface area (Å²) in [5.74, 6) is 0.814. The molecule has 1 unspecified atom stereocenters. The number of carbonyl (C=O) groups excluding carboxylic acids is 1. The largest absolute Gasteiger partial charge is 0.494 e. The summed E-state index contributed by atoms with van der Waals surface area (Å²) >= 11 is 1.69. The van der Waals surface area contributed by atoms with E-state index in [0.29, 0.717) is 19.6 Å². The van der Waals surface area contributed by atoms with E-state index in [1.54, 1.807) is 18.4 Å². The van der Waals surface area contributed by atoms with Crippen molar-refractivity contribution in [3.63, 3.8) is 0 Å². The molecule has 1 N–H and O–H groups in total. The number of aryl methyl sites for hydroxylation is 1. The molecule has 1 amide bonds. The Morgan fingerprint density at radius 2 is 1.96 bits per heavy atom. The van der Waals surface area contributed by atoms with E-state index in [0.717, 1.165) is 16.2 Å². The number of benzene rings is 1. The van der Waals surface area contributed by atoms with Crippen LogP contribution in [-0.2, 0) is 16.0 Å². The quantitative estimate of drug-likeness (QED) is 0.804. The van der Waals surface area contributed by atoms with E-state index >= 15 is 0 Å². The lowest BCUT2D eigenvalue weighted by atomic mass is 10.1. The average Bonchev–Trinajstić information content (AvgIpc) is 2.96. The Hall–Kier alpha value is -1.85. The van der Waals surface area contributed by atoms with Crippen LogP contribution in [0.2, 0.25) is 0 Å². The van der Waals surface area contributed by atoms with Crippen LogP contribution in [0.4, 0.5) is 0 Å². The third-order valence-corrected chi connectivity index (χ3v) is 4.54. The molecule has 0 saturated heterocycles. The summed E-state index contributed by atoms with van der Waals surface area (Å²) in [6, 6.07) is 11.7. The summed E-state index contributed by atoms with van der Waals surface area (Å²) in [6.45, 7) is 5.13. The summed E-state index contributed by atoms with van der Waals surface area (Å²) in [5, 5.41) is 2.94. The van der Waals surface area contributed by atoms with E-state index in [4.69, 9.17) is 9.47 Å². The zero-order valence-electron chi connectivity index (χ0n) is 13.8. The molecule has 0 spiro atoms. The molecule has 5 heteroatoms. The van der Waals surface area contributed by atoms with Gasteiger partial charge in [-0.05, 0) is 43.7 Å². The smallest absolute Gasteiger partial charge is 0.224 e. The Balaban J connectivity index is 1.84. The monoisotopic (exact) mass is 333 g/mol. The third kappa shape index (κ3) is 5.37. The van der Waals surface area contributed by atoms with Crippen molar-refractivity contribution in [3.05, 3.63) is 51.7 Å². The molecule has 1 atom stereocenters. The maximum absolute atomic E-state index is 12.1. The first-order valence-electron chi connectivity index (χ1n) is 7.70. The number of ether oxygens (including phenoxy) is 2. The molecule has 0 radical (unpaired) electrons. The SMILES string of the molecule is CCOc1ccc(CC(=O)NCC(OC)c2ccc(C)s2)cc1. The molecule has 0 fully saturated rings. The first kappa shape index (κ1) is 17.5. The van der Waals surface area contributed by atoms with Crippen LogP contribution in [0, 0.1) is 6.92 Å². The standard InChI is InChI=1S/C18H23NO3S/c1-4-22-15-8-6-14(7-9-15)11-18(20)19-12-16(21-3)17-10-5-13(2)23-17/h5-10,16H,4,11-12H2,1-3H3,(H,19,20). The lowest BCUT2D eigenvalue weighted by Crippen LogP contribution is -2.30. The summed E-state index contributed by atoms with van der Waals surface area (Å²) in [5.41, 5.74) is 0.965. The maximum Gasteiger partial charge on any atom is 0.224 e. The molecule has 1 heterocycles. The Morgan fingerprint density at radius 1 is 1.22 bits per heavy atom. The maximum atomic E-state index is 12.1. The van der Waals surface area contributed by atoms with Gasteiger partial charge in [0.25, 0.3) is 0 Å². The Bertz CT molecular complexity index is 621. The van der Waals surface area contributed by atoms with Gasteiger partial charge < -0.3 is 14.8 Å². The van der Waals surface area contributed by atoms with E-state index in [-0.39, 0.29) is 12.0 Å². The van der Waals surface area contributed by atoms with E-state index in [1.165, 1.54) is 4.88 Å². The number of amides is 1. The van der Waals surface area contributed by atoms with Crippen LogP contribution >= 0.6 is 11.3 Å². The average molecular weight is 333 g/mol. The van der Waals surface area contributed by atoms with Crippen molar-refractivity contribution in [1.82, 2.24) is 5.32 Å². The van der Waals surface area contributed by atoms with Crippen LogP contribution in [0.15, 0.2) is 36.4 Å². The van der Waals surface area contributed by atoms with Crippen molar-refractivity contribution in [2.75, 3.05) is 20.3 Å². The first-order valence-corrected chi connectivity index (χ1v) is 8.51. The van der Waals surface area contributed by atoms with Crippen molar-refractivity contribution in [1.29, 1.82) is 0 Å². The normalized spacial score (nSPS) is 12.0. The zero-order chi connectivity index (χ0) is 16.7. The predicted molar refractivity (Wildman–Crippen MR) is 93.1 cm³/mol. The van der Waals surface area contributed by atoms with E-state index in [9.17, 15) is 4.79 Å². The Labute approximate surface area is 141 Å². The lowest BCUT2D eigenvalue weighted by molar-refractivity contribution is -0.121. The molecule has 124 valence electrons. The van der Waals surface area contributed by atoms with Crippen LogP contribution in [0.1, 0.15) is 28.3 Å². The molecule has 23 heavy (non-hydrogen) atoms. The van der Waals surface area contributed by atoms with Gasteiger partial charge in [0.05, 0.1) is 13.0 Å². The van der Waals surface area contributed by atoms with E-state index < -0.39 is 0 Å². The van der Waals surface area contributed by atoms with E-state index in [1.807, 2.05) is 37.3 Å². The molecule has 4 nitrogen and oxygen atoms in total. The zero-order valence-corrected chi connectivity index (χ0v) is 14.6. The highest BCUT2D eigenvalue weighted by molar-refractivity contribution is 7.12. The fourth-order valence-corrected chi connectivity index (χ4v) is 3.21. The second-order valence-electron chi connectivity index (χ2n) is 5.23. The van der Waals surface area contributed by atoms with Gasteiger partial charge in [0.15, 0.2) is 0 Å². The van der Waals surface area contributed by atoms with Crippen LogP contribution in [0.5, 0.6) is 5.75 Å². The van der Waals surface area contributed by atoms with Gasteiger partial charge in [-0.25, -0.2) is 0 Å². The fraction of sp³-hybridized carbons (Fsp3) is 0.389. The fourth-order valence-electron chi connectivity index (χ4n) is 2.25. The summed E-state index contributed by atoms with van der Waals surface area (Å²) in [7, 11) is 1.67. The van der Waals surface area contributed by atoms with Crippen molar-refractivity contribution in [2.24, 2.45) is 0 Å². The van der Waals surface area contributed by atoms with Gasteiger partial charge in [0, 0.05) is 23.4 Å². The number of nitrogens with one attached hydrogen (secondary N) is 1. The summed E-state index contributed by atoms with van der Waals surface area (Å²) in [6.07, 6.45) is 0.254. The van der Waals surface area contributed by atoms with Gasteiger partial charge in [-0.1, -0.05) is 12.1 Å². The molecule has 2 aromatic rings. The molecule has 1 aromatic heterocycles. The van der Waals surface area contributed by atoms with Crippen LogP contribution in [0.25, 0.3) is 0 Å². The number of rotatable bonds is 8. The lowest BCUT2D eigenvalue weighted by Gasteiger charge is -2.14. The van der Waals surface area contributed by atoms with Gasteiger partial charge in [0.2, 0.25) is 5.91 Å². The number of hydrogen-bond acceptors (Lipinski definition) is 4. The summed E-state index contributed by atoms with van der Waals surface area (Å²) < 4.78 is 10.9. The number of methoxy groups -OCH3 is 1. The highest BCUT2D eigenvalue weighted by atomic mass is 32.1. The van der Waals surface area contributed by atoms with Crippen LogP contribution in [0.3, 0.4) is 0 Å². The van der Waals surface area contributed by atoms with Crippen LogP contribution in [-0.4, -0.2) is 26.2 Å². The number of thiophene rings is 1. The van der Waals surface area contributed by atoms with Crippen molar-refractivity contribution >= 4 is 17.2 Å². The minimum absolute atomic E-state index is 0.00973. The number of carbonyl (C=O) groups is 1. The van der Waals surface area contributed by atoms with Crippen molar-refractivity contribution in [2.45, 2.75) is 26.4 Å². The highest BCUT2D eigenvalue weighted by Crippen LogP contribution is 2.24. The van der Waals surface area contributed by atoms with Gasteiger partial charge in [-0.3, -0.25) is 4.79 Å².